The van der Waals surface area contributed by atoms with Gasteiger partial charge in [0.15, 0.2) is 29.7 Å². The molecular weight excluding hydrogens is 440 g/mol. The van der Waals surface area contributed by atoms with Crippen LogP contribution in [0.5, 0.6) is 0 Å². The van der Waals surface area contributed by atoms with Gasteiger partial charge >= 0.3 is 0 Å². The van der Waals surface area contributed by atoms with Gasteiger partial charge in [-0.05, 0) is 68.4 Å². The second-order valence-electron chi connectivity index (χ2n) is 9.27. The number of rotatable bonds is 4. The number of methoxy groups -OCH3 is 1. The van der Waals surface area contributed by atoms with Crippen molar-refractivity contribution in [2.75, 3.05) is 13.7 Å². The predicted octanol–water partition coefficient (Wildman–Crippen LogP) is 5.49. The van der Waals surface area contributed by atoms with Gasteiger partial charge in [-0.2, -0.15) is 9.83 Å². The summed E-state index contributed by atoms with van der Waals surface area (Å²) in [6.45, 7) is 0.697. The van der Waals surface area contributed by atoms with E-state index in [0.29, 0.717) is 41.7 Å². The molecule has 1 saturated heterocycles. The fourth-order valence-electron chi connectivity index (χ4n) is 5.42. The van der Waals surface area contributed by atoms with Crippen LogP contribution < -0.4 is 4.73 Å². The van der Waals surface area contributed by atoms with Crippen molar-refractivity contribution in [3.8, 4) is 11.1 Å². The lowest BCUT2D eigenvalue weighted by Gasteiger charge is -2.39. The highest BCUT2D eigenvalue weighted by Crippen LogP contribution is 2.48. The normalized spacial score (nSPS) is 20.0. The molecule has 1 aliphatic carbocycles. The Morgan fingerprint density at radius 2 is 1.97 bits per heavy atom. The molecule has 0 radical (unpaired) electrons. The van der Waals surface area contributed by atoms with E-state index in [0.717, 1.165) is 58.8 Å². The van der Waals surface area contributed by atoms with E-state index in [2.05, 4.69) is 5.10 Å². The molecule has 4 aromatic rings. The Hall–Kier alpha value is -3.10. The van der Waals surface area contributed by atoms with Crippen LogP contribution in [0.1, 0.15) is 50.4 Å². The van der Waals surface area contributed by atoms with Gasteiger partial charge in [-0.25, -0.2) is 13.5 Å². The van der Waals surface area contributed by atoms with Crippen molar-refractivity contribution in [3.05, 3.63) is 65.3 Å². The lowest BCUT2D eigenvalue weighted by atomic mass is 9.74. The number of benzene rings is 2. The van der Waals surface area contributed by atoms with Crippen LogP contribution >= 0.6 is 0 Å². The van der Waals surface area contributed by atoms with Gasteiger partial charge in [-0.3, -0.25) is 0 Å². The van der Waals surface area contributed by atoms with Crippen molar-refractivity contribution in [2.24, 2.45) is 0 Å². The van der Waals surface area contributed by atoms with E-state index >= 15 is 0 Å². The van der Waals surface area contributed by atoms with Gasteiger partial charge in [0.25, 0.3) is 0 Å². The second kappa shape index (κ2) is 7.99. The molecule has 6 rings (SSSR count). The number of hydrogen-bond acceptors (Lipinski definition) is 4. The number of nitrogens with zero attached hydrogens (tertiary/aromatic N) is 3. The number of halogens is 2. The first-order valence-corrected chi connectivity index (χ1v) is 11.7. The molecule has 2 aromatic carbocycles. The van der Waals surface area contributed by atoms with Crippen molar-refractivity contribution in [1.29, 1.82) is 0 Å². The first kappa shape index (κ1) is 21.4. The van der Waals surface area contributed by atoms with Crippen molar-refractivity contribution in [3.63, 3.8) is 0 Å². The minimum atomic E-state index is -0.957. The topological polar surface area (TPSA) is 63.2 Å². The molecule has 2 aliphatic rings. The molecule has 1 aliphatic heterocycles. The molecule has 2 aromatic heterocycles. The van der Waals surface area contributed by atoms with Gasteiger partial charge in [0, 0.05) is 29.9 Å². The third-order valence-corrected chi connectivity index (χ3v) is 7.37. The zero-order valence-electron chi connectivity index (χ0n) is 18.9. The minimum absolute atomic E-state index is 0.139. The highest BCUT2D eigenvalue weighted by Gasteiger charge is 2.47. The first-order chi connectivity index (χ1) is 16.5. The first-order valence-electron chi connectivity index (χ1n) is 11.7. The number of aromatic nitrogens is 3. The average Bonchev–Trinajstić information content (AvgIpc) is 3.23. The summed E-state index contributed by atoms with van der Waals surface area (Å²) in [4.78, 5) is 0. The van der Waals surface area contributed by atoms with Crippen molar-refractivity contribution in [2.45, 2.75) is 50.4 Å². The van der Waals surface area contributed by atoms with Gasteiger partial charge in [-0.1, -0.05) is 6.07 Å². The lowest BCUT2D eigenvalue weighted by Crippen LogP contribution is -2.48. The molecule has 2 fully saturated rings. The van der Waals surface area contributed by atoms with Crippen LogP contribution in [0.3, 0.4) is 0 Å². The Morgan fingerprint density at radius 1 is 1.12 bits per heavy atom. The molecule has 34 heavy (non-hydrogen) atoms. The van der Waals surface area contributed by atoms with E-state index in [1.807, 2.05) is 16.8 Å². The molecule has 0 bridgehead atoms. The maximum atomic E-state index is 14.3. The Morgan fingerprint density at radius 3 is 2.65 bits per heavy atom. The molecule has 3 heterocycles. The van der Waals surface area contributed by atoms with Gasteiger partial charge in [0.1, 0.15) is 0 Å². The van der Waals surface area contributed by atoms with E-state index in [-0.39, 0.29) is 6.23 Å². The number of fused-ring (bicyclic) bond motifs is 2. The molecule has 6 nitrogen and oxygen atoms in total. The number of hydrogen-bond donors (Lipinski definition) is 0. The fourth-order valence-corrected chi connectivity index (χ4v) is 5.42. The van der Waals surface area contributed by atoms with Gasteiger partial charge in [0.2, 0.25) is 5.69 Å². The van der Waals surface area contributed by atoms with E-state index in [1.54, 1.807) is 19.5 Å². The summed E-state index contributed by atoms with van der Waals surface area (Å²) in [7, 11) is 1.59. The Bertz CT molecular complexity index is 1400. The van der Waals surface area contributed by atoms with Crippen LogP contribution in [0, 0.1) is 16.8 Å². The van der Waals surface area contributed by atoms with Crippen molar-refractivity contribution < 1.29 is 23.0 Å². The SMILES string of the molecule is COC1(c2c(-c3ccc(F)c(F)c3)c3cc4cnn(C5CCCCO5)c4cc3c[n+]2[O-])CCC1. The summed E-state index contributed by atoms with van der Waals surface area (Å²) in [5, 5.41) is 20.4. The minimum Gasteiger partial charge on any atom is -0.618 e. The molecule has 0 N–H and O–H groups in total. The van der Waals surface area contributed by atoms with Crippen molar-refractivity contribution >= 4 is 21.7 Å². The van der Waals surface area contributed by atoms with E-state index in [9.17, 15) is 14.0 Å². The summed E-state index contributed by atoms with van der Waals surface area (Å²) in [6, 6.07) is 7.66. The predicted molar refractivity (Wildman–Crippen MR) is 123 cm³/mol. The number of pyridine rings is 1. The molecule has 1 unspecified atom stereocenters. The zero-order chi connectivity index (χ0) is 23.4. The van der Waals surface area contributed by atoms with Crippen LogP contribution in [0.15, 0.2) is 42.7 Å². The van der Waals surface area contributed by atoms with Gasteiger partial charge < -0.3 is 14.7 Å². The van der Waals surface area contributed by atoms with Crippen LogP contribution in [0.25, 0.3) is 32.8 Å². The standard InChI is InChI=1S/C26H25F2N3O3/c1-33-26(8-4-9-26)25-24(16-6-7-20(27)21(28)12-16)19-11-17-14-29-31(23-5-2-3-10-34-23)22(17)13-18(19)15-30(25)32/h6-7,11-15,23H,2-5,8-10H2,1H3. The number of ether oxygens (including phenoxy) is 2. The summed E-state index contributed by atoms with van der Waals surface area (Å²) >= 11 is 0. The maximum absolute atomic E-state index is 14.3. The average molecular weight is 466 g/mol. The summed E-state index contributed by atoms with van der Waals surface area (Å²) in [5.74, 6) is -1.89. The van der Waals surface area contributed by atoms with Crippen LogP contribution in [-0.4, -0.2) is 23.5 Å². The molecule has 8 heteroatoms. The molecule has 1 atom stereocenters. The maximum Gasteiger partial charge on any atom is 0.233 e. The van der Waals surface area contributed by atoms with Crippen LogP contribution in [-0.2, 0) is 15.1 Å². The van der Waals surface area contributed by atoms with E-state index in [4.69, 9.17) is 9.47 Å². The summed E-state index contributed by atoms with van der Waals surface area (Å²) in [6.07, 6.45) is 8.49. The van der Waals surface area contributed by atoms with Gasteiger partial charge in [-0.15, -0.1) is 0 Å². The lowest BCUT2D eigenvalue weighted by molar-refractivity contribution is -0.622. The van der Waals surface area contributed by atoms with E-state index in [1.165, 1.54) is 6.07 Å². The monoisotopic (exact) mass is 465 g/mol. The second-order valence-corrected chi connectivity index (χ2v) is 9.27. The fraction of sp³-hybridized carbons (Fsp3) is 0.385. The summed E-state index contributed by atoms with van der Waals surface area (Å²) in [5.41, 5.74) is 1.55. The smallest absolute Gasteiger partial charge is 0.233 e. The largest absolute Gasteiger partial charge is 0.618 e. The van der Waals surface area contributed by atoms with E-state index < -0.39 is 17.2 Å². The molecule has 0 spiro atoms. The molecule has 1 saturated carbocycles. The third kappa shape index (κ3) is 3.20. The molecule has 0 amide bonds. The Labute approximate surface area is 195 Å². The highest BCUT2D eigenvalue weighted by molar-refractivity contribution is 6.04. The third-order valence-electron chi connectivity index (χ3n) is 7.37. The van der Waals surface area contributed by atoms with Crippen LogP contribution in [0.4, 0.5) is 8.78 Å². The highest BCUT2D eigenvalue weighted by atomic mass is 19.2. The van der Waals surface area contributed by atoms with Gasteiger partial charge in [0.05, 0.1) is 17.3 Å². The Kier molecular flexibility index (Phi) is 5.04. The Balaban J connectivity index is 1.64. The van der Waals surface area contributed by atoms with Crippen LogP contribution in [0.2, 0.25) is 0 Å². The quantitative estimate of drug-likeness (QED) is 0.295. The summed E-state index contributed by atoms with van der Waals surface area (Å²) < 4.78 is 42.6. The van der Waals surface area contributed by atoms with Crippen molar-refractivity contribution in [1.82, 2.24) is 9.78 Å². The molecule has 176 valence electrons. The molecular formula is C26H25F2N3O3. The zero-order valence-corrected chi connectivity index (χ0v) is 18.9.